The Morgan fingerprint density at radius 1 is 1.09 bits per heavy atom. The smallest absolute Gasteiger partial charge is 0.335 e. The largest absolute Gasteiger partial charge is 0.478 e. The molecule has 0 spiro atoms. The maximum absolute atomic E-state index is 12.2. The van der Waals surface area contributed by atoms with Crippen molar-refractivity contribution in [1.82, 2.24) is 0 Å². The van der Waals surface area contributed by atoms with E-state index in [-0.39, 0.29) is 11.3 Å². The van der Waals surface area contributed by atoms with Crippen LogP contribution in [0.2, 0.25) is 0 Å². The Labute approximate surface area is 135 Å². The molecule has 0 aliphatic carbocycles. The number of carboxylic acid groups (broad SMARTS) is 1. The molecule has 0 saturated carbocycles. The van der Waals surface area contributed by atoms with Gasteiger partial charge in [0.15, 0.2) is 0 Å². The molecule has 0 aliphatic heterocycles. The highest BCUT2D eigenvalue weighted by Gasteiger charge is 2.21. The molecular formula is C17H15NO4S. The number of rotatable bonds is 4. The van der Waals surface area contributed by atoms with E-state index in [1.165, 1.54) is 12.1 Å². The van der Waals surface area contributed by atoms with Crippen molar-refractivity contribution in [3.63, 3.8) is 0 Å². The maximum atomic E-state index is 12.2. The molecule has 2 aromatic carbocycles. The number of carbonyl (C=O) groups is 1. The van der Waals surface area contributed by atoms with Gasteiger partial charge < -0.3 is 5.11 Å². The molecule has 1 N–H and O–H groups in total. The van der Waals surface area contributed by atoms with E-state index in [2.05, 4.69) is 11.8 Å². The summed E-state index contributed by atoms with van der Waals surface area (Å²) in [4.78, 5) is 11.3. The van der Waals surface area contributed by atoms with Gasteiger partial charge in [0.2, 0.25) is 10.0 Å². The van der Waals surface area contributed by atoms with Crippen LogP contribution in [-0.2, 0) is 10.0 Å². The van der Waals surface area contributed by atoms with E-state index < -0.39 is 16.0 Å². The van der Waals surface area contributed by atoms with E-state index in [0.717, 1.165) is 10.6 Å². The SMILES string of the molecule is CC#Cc1cc(C(=O)O)cc(N(c2ccccc2)S(C)(=O)=O)c1. The molecule has 0 bridgehead atoms. The molecule has 0 atom stereocenters. The normalized spacial score (nSPS) is 10.5. The number of benzene rings is 2. The van der Waals surface area contributed by atoms with Crippen LogP contribution in [0.25, 0.3) is 0 Å². The van der Waals surface area contributed by atoms with Crippen molar-refractivity contribution >= 4 is 27.4 Å². The third-order valence-corrected chi connectivity index (χ3v) is 4.08. The molecule has 2 rings (SSSR count). The number of para-hydroxylation sites is 1. The lowest BCUT2D eigenvalue weighted by Crippen LogP contribution is -2.25. The van der Waals surface area contributed by atoms with Crippen molar-refractivity contribution in [3.05, 3.63) is 59.7 Å². The van der Waals surface area contributed by atoms with E-state index >= 15 is 0 Å². The van der Waals surface area contributed by atoms with Crippen LogP contribution in [0.5, 0.6) is 0 Å². The van der Waals surface area contributed by atoms with Gasteiger partial charge in [-0.3, -0.25) is 0 Å². The zero-order chi connectivity index (χ0) is 17.0. The number of nitrogens with zero attached hydrogens (tertiary/aromatic N) is 1. The molecule has 0 radical (unpaired) electrons. The molecular weight excluding hydrogens is 314 g/mol. The highest BCUT2D eigenvalue weighted by molar-refractivity contribution is 7.92. The first-order valence-corrected chi connectivity index (χ1v) is 8.54. The molecule has 118 valence electrons. The van der Waals surface area contributed by atoms with Gasteiger partial charge >= 0.3 is 5.97 Å². The summed E-state index contributed by atoms with van der Waals surface area (Å²) in [7, 11) is -3.65. The molecule has 0 aliphatic rings. The summed E-state index contributed by atoms with van der Waals surface area (Å²) in [6.07, 6.45) is 1.07. The lowest BCUT2D eigenvalue weighted by Gasteiger charge is -2.23. The summed E-state index contributed by atoms with van der Waals surface area (Å²) in [5, 5.41) is 9.24. The number of aromatic carboxylic acids is 1. The Bertz CT molecular complexity index is 893. The highest BCUT2D eigenvalue weighted by atomic mass is 32.2. The fourth-order valence-electron chi connectivity index (χ4n) is 2.16. The number of carboxylic acids is 1. The van der Waals surface area contributed by atoms with Crippen molar-refractivity contribution < 1.29 is 18.3 Å². The van der Waals surface area contributed by atoms with E-state index in [9.17, 15) is 18.3 Å². The maximum Gasteiger partial charge on any atom is 0.335 e. The number of anilines is 2. The Balaban J connectivity index is 2.72. The van der Waals surface area contributed by atoms with Gasteiger partial charge in [-0.05, 0) is 37.3 Å². The predicted molar refractivity (Wildman–Crippen MR) is 89.4 cm³/mol. The monoisotopic (exact) mass is 329 g/mol. The minimum absolute atomic E-state index is 0.0233. The Morgan fingerprint density at radius 3 is 2.26 bits per heavy atom. The average molecular weight is 329 g/mol. The third-order valence-electron chi connectivity index (χ3n) is 2.99. The Morgan fingerprint density at radius 2 is 1.74 bits per heavy atom. The minimum atomic E-state index is -3.65. The minimum Gasteiger partial charge on any atom is -0.478 e. The van der Waals surface area contributed by atoms with Gasteiger partial charge in [-0.25, -0.2) is 17.5 Å². The molecule has 2 aromatic rings. The second-order valence-electron chi connectivity index (χ2n) is 4.81. The van der Waals surface area contributed by atoms with Gasteiger partial charge in [-0.2, -0.15) is 0 Å². The van der Waals surface area contributed by atoms with Crippen molar-refractivity contribution in [2.75, 3.05) is 10.6 Å². The van der Waals surface area contributed by atoms with E-state index in [1.807, 2.05) is 0 Å². The van der Waals surface area contributed by atoms with Crippen LogP contribution in [-0.4, -0.2) is 25.7 Å². The van der Waals surface area contributed by atoms with Crippen molar-refractivity contribution in [1.29, 1.82) is 0 Å². The zero-order valence-corrected chi connectivity index (χ0v) is 13.5. The molecule has 0 unspecified atom stereocenters. The van der Waals surface area contributed by atoms with Gasteiger partial charge in [0.25, 0.3) is 0 Å². The standard InChI is InChI=1S/C17H15NO4S/c1-3-7-13-10-14(17(19)20)12-16(11-13)18(23(2,21)22)15-8-5-4-6-9-15/h4-6,8-12H,1-2H3,(H,19,20). The summed E-state index contributed by atoms with van der Waals surface area (Å²) < 4.78 is 25.5. The van der Waals surface area contributed by atoms with Gasteiger partial charge in [0.05, 0.1) is 23.2 Å². The average Bonchev–Trinajstić information content (AvgIpc) is 2.47. The van der Waals surface area contributed by atoms with Crippen molar-refractivity contribution in [3.8, 4) is 11.8 Å². The van der Waals surface area contributed by atoms with Gasteiger partial charge in [-0.1, -0.05) is 24.1 Å². The highest BCUT2D eigenvalue weighted by Crippen LogP contribution is 2.30. The second kappa shape index (κ2) is 6.55. The molecule has 0 fully saturated rings. The fraction of sp³-hybridized carbons (Fsp3) is 0.118. The molecule has 0 amide bonds. The molecule has 0 aromatic heterocycles. The third kappa shape index (κ3) is 3.90. The van der Waals surface area contributed by atoms with E-state index in [1.54, 1.807) is 43.3 Å². The van der Waals surface area contributed by atoms with E-state index in [4.69, 9.17) is 0 Å². The first-order chi connectivity index (χ1) is 10.8. The molecule has 0 heterocycles. The summed E-state index contributed by atoms with van der Waals surface area (Å²) in [5.74, 6) is 4.30. The Kier molecular flexibility index (Phi) is 4.72. The lowest BCUT2D eigenvalue weighted by atomic mass is 10.1. The van der Waals surface area contributed by atoms with Gasteiger partial charge in [0.1, 0.15) is 0 Å². The number of hydrogen-bond donors (Lipinski definition) is 1. The van der Waals surface area contributed by atoms with E-state index in [0.29, 0.717) is 11.3 Å². The number of sulfonamides is 1. The fourth-order valence-corrected chi connectivity index (χ4v) is 3.16. The van der Waals surface area contributed by atoms with Crippen LogP contribution in [0, 0.1) is 11.8 Å². The predicted octanol–water partition coefficient (Wildman–Crippen LogP) is 2.85. The van der Waals surface area contributed by atoms with Crippen LogP contribution in [0.4, 0.5) is 11.4 Å². The van der Waals surface area contributed by atoms with Crippen LogP contribution in [0.15, 0.2) is 48.5 Å². The lowest BCUT2D eigenvalue weighted by molar-refractivity contribution is 0.0697. The summed E-state index contributed by atoms with van der Waals surface area (Å²) in [6, 6.07) is 12.7. The number of hydrogen-bond acceptors (Lipinski definition) is 3. The van der Waals surface area contributed by atoms with Crippen LogP contribution >= 0.6 is 0 Å². The zero-order valence-electron chi connectivity index (χ0n) is 12.6. The molecule has 23 heavy (non-hydrogen) atoms. The summed E-state index contributed by atoms with van der Waals surface area (Å²) in [6.45, 7) is 1.62. The van der Waals surface area contributed by atoms with Crippen LogP contribution in [0.3, 0.4) is 0 Å². The Hall–Kier alpha value is -2.78. The summed E-state index contributed by atoms with van der Waals surface area (Å²) >= 11 is 0. The summed E-state index contributed by atoms with van der Waals surface area (Å²) in [5.41, 5.74) is 1.07. The van der Waals surface area contributed by atoms with Crippen LogP contribution < -0.4 is 4.31 Å². The molecule has 5 nitrogen and oxygen atoms in total. The van der Waals surface area contributed by atoms with Crippen LogP contribution in [0.1, 0.15) is 22.8 Å². The topological polar surface area (TPSA) is 74.7 Å². The molecule has 0 saturated heterocycles. The second-order valence-corrected chi connectivity index (χ2v) is 6.64. The first-order valence-electron chi connectivity index (χ1n) is 6.69. The van der Waals surface area contributed by atoms with Gasteiger partial charge in [0, 0.05) is 5.56 Å². The van der Waals surface area contributed by atoms with Gasteiger partial charge in [-0.15, -0.1) is 5.92 Å². The molecule has 6 heteroatoms. The first kappa shape index (κ1) is 16.6. The van der Waals surface area contributed by atoms with Crippen molar-refractivity contribution in [2.45, 2.75) is 6.92 Å². The quantitative estimate of drug-likeness (QED) is 0.875. The van der Waals surface area contributed by atoms with Crippen molar-refractivity contribution in [2.24, 2.45) is 0 Å².